The number of carbonyl (C=O) groups excluding carboxylic acids is 2. The third-order valence-corrected chi connectivity index (χ3v) is 5.29. The van der Waals surface area contributed by atoms with Gasteiger partial charge in [0.15, 0.2) is 5.78 Å². The first-order valence-electron chi connectivity index (χ1n) is 9.79. The van der Waals surface area contributed by atoms with E-state index in [1.807, 2.05) is 67.1 Å². The summed E-state index contributed by atoms with van der Waals surface area (Å²) < 4.78 is 1.89. The number of aromatic nitrogens is 2. The lowest BCUT2D eigenvalue weighted by atomic mass is 10.1. The van der Waals surface area contributed by atoms with E-state index in [0.29, 0.717) is 12.0 Å². The molecule has 0 N–H and O–H groups in total. The van der Waals surface area contributed by atoms with Crippen molar-refractivity contribution in [3.05, 3.63) is 83.2 Å². The molecule has 1 amide bonds. The number of nitrogens with zero attached hydrogens (tertiary/aromatic N) is 3. The normalized spacial score (nSPS) is 14.1. The van der Waals surface area contributed by atoms with Crippen LogP contribution in [0.15, 0.2) is 60.7 Å². The highest BCUT2D eigenvalue weighted by Crippen LogP contribution is 2.23. The zero-order chi connectivity index (χ0) is 20.4. The first kappa shape index (κ1) is 18.9. The average Bonchev–Trinajstić information content (AvgIpc) is 3.30. The molecule has 1 fully saturated rings. The van der Waals surface area contributed by atoms with Crippen LogP contribution in [-0.4, -0.2) is 28.0 Å². The highest BCUT2D eigenvalue weighted by molar-refractivity contribution is 6.07. The lowest BCUT2D eigenvalue weighted by molar-refractivity contribution is -0.117. The van der Waals surface area contributed by atoms with Crippen molar-refractivity contribution in [1.29, 1.82) is 0 Å². The minimum Gasteiger partial charge on any atom is -0.312 e. The molecule has 2 heterocycles. The number of anilines is 1. The van der Waals surface area contributed by atoms with Crippen LogP contribution in [0.25, 0.3) is 11.8 Å². The number of amides is 1. The first-order valence-corrected chi connectivity index (χ1v) is 9.79. The largest absolute Gasteiger partial charge is 0.312 e. The lowest BCUT2D eigenvalue weighted by Gasteiger charge is -2.15. The SMILES string of the molecule is Cc1nn(-c2ccccc2)c(C)c1/C=C/C(=O)c1ccc(N2CCCC2=O)cc1. The van der Waals surface area contributed by atoms with Crippen molar-refractivity contribution >= 4 is 23.5 Å². The summed E-state index contributed by atoms with van der Waals surface area (Å²) in [6.07, 6.45) is 4.90. The molecule has 0 spiro atoms. The highest BCUT2D eigenvalue weighted by atomic mass is 16.2. The summed E-state index contributed by atoms with van der Waals surface area (Å²) in [6, 6.07) is 17.2. The molecule has 5 nitrogen and oxygen atoms in total. The van der Waals surface area contributed by atoms with Crippen molar-refractivity contribution in [2.75, 3.05) is 11.4 Å². The summed E-state index contributed by atoms with van der Waals surface area (Å²) in [5.74, 6) is 0.0703. The van der Waals surface area contributed by atoms with Crippen LogP contribution in [0, 0.1) is 13.8 Å². The molecular weight excluding hydrogens is 362 g/mol. The Hall–Kier alpha value is -3.47. The van der Waals surface area contributed by atoms with Crippen LogP contribution in [0.4, 0.5) is 5.69 Å². The average molecular weight is 385 g/mol. The van der Waals surface area contributed by atoms with Crippen LogP contribution >= 0.6 is 0 Å². The molecule has 1 aliphatic heterocycles. The van der Waals surface area contributed by atoms with Gasteiger partial charge in [-0.2, -0.15) is 5.10 Å². The second-order valence-corrected chi connectivity index (χ2v) is 7.23. The minimum absolute atomic E-state index is 0.0736. The maximum atomic E-state index is 12.6. The van der Waals surface area contributed by atoms with E-state index in [1.54, 1.807) is 23.1 Å². The van der Waals surface area contributed by atoms with E-state index in [4.69, 9.17) is 0 Å². The Morgan fingerprint density at radius 2 is 1.72 bits per heavy atom. The number of rotatable bonds is 5. The van der Waals surface area contributed by atoms with Crippen molar-refractivity contribution in [2.24, 2.45) is 0 Å². The van der Waals surface area contributed by atoms with Crippen LogP contribution in [0.1, 0.15) is 40.2 Å². The fourth-order valence-electron chi connectivity index (χ4n) is 3.70. The monoisotopic (exact) mass is 385 g/mol. The summed E-state index contributed by atoms with van der Waals surface area (Å²) in [6.45, 7) is 4.69. The van der Waals surface area contributed by atoms with E-state index in [1.165, 1.54) is 0 Å². The standard InChI is InChI=1S/C24H23N3O2/c1-17-22(18(2)27(25-17)21-7-4-3-5-8-21)14-15-23(28)19-10-12-20(13-11-19)26-16-6-9-24(26)29/h3-5,7-8,10-15H,6,9,16H2,1-2H3/b15-14+. The summed E-state index contributed by atoms with van der Waals surface area (Å²) in [4.78, 5) is 26.3. The number of benzene rings is 2. The van der Waals surface area contributed by atoms with Gasteiger partial charge in [0.2, 0.25) is 5.91 Å². The van der Waals surface area contributed by atoms with Gasteiger partial charge >= 0.3 is 0 Å². The Morgan fingerprint density at radius 3 is 2.38 bits per heavy atom. The third-order valence-electron chi connectivity index (χ3n) is 5.29. The fraction of sp³-hybridized carbons (Fsp3) is 0.208. The van der Waals surface area contributed by atoms with Gasteiger partial charge in [-0.25, -0.2) is 4.68 Å². The smallest absolute Gasteiger partial charge is 0.227 e. The second kappa shape index (κ2) is 7.87. The minimum atomic E-state index is -0.0736. The molecule has 2 aromatic carbocycles. The molecule has 1 aromatic heterocycles. The molecule has 5 heteroatoms. The van der Waals surface area contributed by atoms with Gasteiger partial charge in [-0.1, -0.05) is 18.2 Å². The number of carbonyl (C=O) groups is 2. The van der Waals surface area contributed by atoms with Crippen LogP contribution in [0.2, 0.25) is 0 Å². The zero-order valence-corrected chi connectivity index (χ0v) is 16.6. The van der Waals surface area contributed by atoms with Gasteiger partial charge in [-0.15, -0.1) is 0 Å². The zero-order valence-electron chi connectivity index (χ0n) is 16.6. The number of hydrogen-bond donors (Lipinski definition) is 0. The van der Waals surface area contributed by atoms with Crippen molar-refractivity contribution < 1.29 is 9.59 Å². The Bertz CT molecular complexity index is 1080. The van der Waals surface area contributed by atoms with Crippen molar-refractivity contribution in [3.63, 3.8) is 0 Å². The highest BCUT2D eigenvalue weighted by Gasteiger charge is 2.21. The van der Waals surface area contributed by atoms with Crippen molar-refractivity contribution in [3.8, 4) is 5.69 Å². The third kappa shape index (κ3) is 3.76. The molecular formula is C24H23N3O2. The molecule has 29 heavy (non-hydrogen) atoms. The second-order valence-electron chi connectivity index (χ2n) is 7.23. The number of ketones is 1. The Kier molecular flexibility index (Phi) is 5.12. The van der Waals surface area contributed by atoms with Crippen LogP contribution < -0.4 is 4.90 Å². The van der Waals surface area contributed by atoms with Crippen LogP contribution in [-0.2, 0) is 4.79 Å². The number of hydrogen-bond acceptors (Lipinski definition) is 3. The predicted octanol–water partition coefficient (Wildman–Crippen LogP) is 4.51. The Balaban J connectivity index is 1.53. The molecule has 4 rings (SSSR count). The molecule has 1 saturated heterocycles. The van der Waals surface area contributed by atoms with Gasteiger partial charge in [-0.05, 0) is 68.8 Å². The molecule has 146 valence electrons. The molecule has 0 atom stereocenters. The fourth-order valence-corrected chi connectivity index (χ4v) is 3.70. The van der Waals surface area contributed by atoms with E-state index in [9.17, 15) is 9.59 Å². The summed E-state index contributed by atoms with van der Waals surface area (Å²) in [5.41, 5.74) is 5.25. The van der Waals surface area contributed by atoms with E-state index in [-0.39, 0.29) is 11.7 Å². The van der Waals surface area contributed by atoms with Gasteiger partial charge in [0.05, 0.1) is 11.4 Å². The topological polar surface area (TPSA) is 55.2 Å². The summed E-state index contributed by atoms with van der Waals surface area (Å²) in [7, 11) is 0. The molecule has 3 aromatic rings. The Labute approximate surface area is 170 Å². The van der Waals surface area contributed by atoms with E-state index in [0.717, 1.165) is 41.3 Å². The van der Waals surface area contributed by atoms with E-state index >= 15 is 0 Å². The van der Waals surface area contributed by atoms with Crippen LogP contribution in [0.5, 0.6) is 0 Å². The van der Waals surface area contributed by atoms with Crippen molar-refractivity contribution in [2.45, 2.75) is 26.7 Å². The van der Waals surface area contributed by atoms with Crippen LogP contribution in [0.3, 0.4) is 0 Å². The molecule has 0 radical (unpaired) electrons. The number of allylic oxidation sites excluding steroid dienone is 1. The lowest BCUT2D eigenvalue weighted by Crippen LogP contribution is -2.23. The maximum Gasteiger partial charge on any atom is 0.227 e. The molecule has 0 bridgehead atoms. The maximum absolute atomic E-state index is 12.6. The van der Waals surface area contributed by atoms with Crippen molar-refractivity contribution in [1.82, 2.24) is 9.78 Å². The van der Waals surface area contributed by atoms with E-state index in [2.05, 4.69) is 5.10 Å². The van der Waals surface area contributed by atoms with Gasteiger partial charge in [-0.3, -0.25) is 9.59 Å². The molecule has 1 aliphatic rings. The molecule has 0 aliphatic carbocycles. The van der Waals surface area contributed by atoms with E-state index < -0.39 is 0 Å². The number of para-hydroxylation sites is 1. The predicted molar refractivity (Wildman–Crippen MR) is 114 cm³/mol. The molecule has 0 saturated carbocycles. The molecule has 0 unspecified atom stereocenters. The van der Waals surface area contributed by atoms with Gasteiger partial charge < -0.3 is 4.90 Å². The quantitative estimate of drug-likeness (QED) is 0.480. The van der Waals surface area contributed by atoms with Gasteiger partial charge in [0, 0.05) is 35.5 Å². The van der Waals surface area contributed by atoms with Gasteiger partial charge in [0.25, 0.3) is 0 Å². The summed E-state index contributed by atoms with van der Waals surface area (Å²) >= 11 is 0. The summed E-state index contributed by atoms with van der Waals surface area (Å²) in [5, 5.41) is 4.61. The Morgan fingerprint density at radius 1 is 1.00 bits per heavy atom. The number of aryl methyl sites for hydroxylation is 1. The first-order chi connectivity index (χ1) is 14.0. The van der Waals surface area contributed by atoms with Gasteiger partial charge in [0.1, 0.15) is 0 Å².